The highest BCUT2D eigenvalue weighted by Crippen LogP contribution is 2.21. The van der Waals surface area contributed by atoms with Crippen LogP contribution in [0.2, 0.25) is 5.02 Å². The Labute approximate surface area is 129 Å². The quantitative estimate of drug-likeness (QED) is 0.891. The standard InChI is InChI=1S/C16H17ClN2O2/c1-18-14-8-7-12(17)9-13(14)16(20)19-10-11-5-3-4-6-15(11)21-2/h3-9,18H,10H2,1-2H3,(H,19,20). The minimum atomic E-state index is -0.187. The zero-order chi connectivity index (χ0) is 15.2. The second-order valence-electron chi connectivity index (χ2n) is 4.43. The number of benzene rings is 2. The van der Waals surface area contributed by atoms with E-state index in [1.807, 2.05) is 24.3 Å². The van der Waals surface area contributed by atoms with Gasteiger partial charge in [0, 0.05) is 29.9 Å². The minimum Gasteiger partial charge on any atom is -0.496 e. The van der Waals surface area contributed by atoms with E-state index in [1.54, 1.807) is 32.4 Å². The van der Waals surface area contributed by atoms with E-state index in [0.717, 1.165) is 17.0 Å². The molecule has 0 aliphatic rings. The van der Waals surface area contributed by atoms with Gasteiger partial charge in [-0.1, -0.05) is 29.8 Å². The lowest BCUT2D eigenvalue weighted by atomic mass is 10.1. The van der Waals surface area contributed by atoms with E-state index in [4.69, 9.17) is 16.3 Å². The predicted molar refractivity (Wildman–Crippen MR) is 85.2 cm³/mol. The summed E-state index contributed by atoms with van der Waals surface area (Å²) in [6.07, 6.45) is 0. The smallest absolute Gasteiger partial charge is 0.253 e. The molecule has 0 atom stereocenters. The van der Waals surface area contributed by atoms with Crippen molar-refractivity contribution in [2.75, 3.05) is 19.5 Å². The minimum absolute atomic E-state index is 0.187. The van der Waals surface area contributed by atoms with Gasteiger partial charge in [0.25, 0.3) is 5.91 Å². The van der Waals surface area contributed by atoms with E-state index >= 15 is 0 Å². The number of halogens is 1. The summed E-state index contributed by atoms with van der Waals surface area (Å²) in [4.78, 5) is 12.3. The number of ether oxygens (including phenoxy) is 1. The predicted octanol–water partition coefficient (Wildman–Crippen LogP) is 3.32. The van der Waals surface area contributed by atoms with Gasteiger partial charge in [-0.05, 0) is 24.3 Å². The van der Waals surface area contributed by atoms with Crippen molar-refractivity contribution < 1.29 is 9.53 Å². The Hall–Kier alpha value is -2.20. The normalized spacial score (nSPS) is 10.0. The van der Waals surface area contributed by atoms with Crippen molar-refractivity contribution in [3.05, 3.63) is 58.6 Å². The van der Waals surface area contributed by atoms with Crippen LogP contribution in [0.4, 0.5) is 5.69 Å². The number of rotatable bonds is 5. The molecule has 2 aromatic carbocycles. The first-order chi connectivity index (χ1) is 10.2. The van der Waals surface area contributed by atoms with Crippen LogP contribution in [-0.4, -0.2) is 20.1 Å². The summed E-state index contributed by atoms with van der Waals surface area (Å²) in [5, 5.41) is 6.38. The number of hydrogen-bond acceptors (Lipinski definition) is 3. The molecule has 0 aliphatic carbocycles. The first-order valence-corrected chi connectivity index (χ1v) is 6.91. The van der Waals surface area contributed by atoms with Crippen LogP contribution >= 0.6 is 11.6 Å². The molecule has 21 heavy (non-hydrogen) atoms. The van der Waals surface area contributed by atoms with E-state index in [2.05, 4.69) is 10.6 Å². The van der Waals surface area contributed by atoms with Crippen molar-refractivity contribution in [3.63, 3.8) is 0 Å². The highest BCUT2D eigenvalue weighted by atomic mass is 35.5. The lowest BCUT2D eigenvalue weighted by Gasteiger charge is -2.12. The monoisotopic (exact) mass is 304 g/mol. The van der Waals surface area contributed by atoms with E-state index < -0.39 is 0 Å². The van der Waals surface area contributed by atoms with E-state index in [0.29, 0.717) is 17.1 Å². The number of carbonyl (C=O) groups is 1. The number of nitrogens with one attached hydrogen (secondary N) is 2. The lowest BCUT2D eigenvalue weighted by Crippen LogP contribution is -2.24. The Balaban J connectivity index is 2.13. The van der Waals surface area contributed by atoms with Crippen LogP contribution in [0.5, 0.6) is 5.75 Å². The Bertz CT molecular complexity index is 644. The largest absolute Gasteiger partial charge is 0.496 e. The molecule has 4 nitrogen and oxygen atoms in total. The third-order valence-corrected chi connectivity index (χ3v) is 3.36. The van der Waals surface area contributed by atoms with Crippen molar-refractivity contribution in [3.8, 4) is 5.75 Å². The molecule has 110 valence electrons. The number of amides is 1. The molecular formula is C16H17ClN2O2. The lowest BCUT2D eigenvalue weighted by molar-refractivity contribution is 0.0951. The average Bonchev–Trinajstić information content (AvgIpc) is 2.52. The topological polar surface area (TPSA) is 50.4 Å². The molecule has 0 unspecified atom stereocenters. The van der Waals surface area contributed by atoms with Crippen molar-refractivity contribution in [1.29, 1.82) is 0 Å². The van der Waals surface area contributed by atoms with E-state index in [-0.39, 0.29) is 5.91 Å². The summed E-state index contributed by atoms with van der Waals surface area (Å²) in [7, 11) is 3.37. The maximum Gasteiger partial charge on any atom is 0.253 e. The zero-order valence-corrected chi connectivity index (χ0v) is 12.7. The fraction of sp³-hybridized carbons (Fsp3) is 0.188. The molecule has 0 bridgehead atoms. The van der Waals surface area contributed by atoms with Crippen LogP contribution < -0.4 is 15.4 Å². The summed E-state index contributed by atoms with van der Waals surface area (Å²) in [5.41, 5.74) is 2.17. The van der Waals surface area contributed by atoms with Gasteiger partial charge in [-0.2, -0.15) is 0 Å². The Morgan fingerprint density at radius 2 is 2.00 bits per heavy atom. The van der Waals surface area contributed by atoms with Gasteiger partial charge in [0.1, 0.15) is 5.75 Å². The van der Waals surface area contributed by atoms with Crippen molar-refractivity contribution in [1.82, 2.24) is 5.32 Å². The molecule has 2 rings (SSSR count). The van der Waals surface area contributed by atoms with E-state index in [9.17, 15) is 4.79 Å². The summed E-state index contributed by atoms with van der Waals surface area (Å²) >= 11 is 5.95. The molecule has 2 aromatic rings. The van der Waals surface area contributed by atoms with Crippen LogP contribution in [0.1, 0.15) is 15.9 Å². The van der Waals surface area contributed by atoms with Gasteiger partial charge in [0.2, 0.25) is 0 Å². The molecule has 0 aliphatic heterocycles. The summed E-state index contributed by atoms with van der Waals surface area (Å²) in [5.74, 6) is 0.561. The molecule has 0 heterocycles. The second-order valence-corrected chi connectivity index (χ2v) is 4.87. The molecule has 1 amide bonds. The molecule has 0 saturated carbocycles. The molecule has 0 radical (unpaired) electrons. The molecule has 0 saturated heterocycles. The maximum absolute atomic E-state index is 12.3. The molecule has 0 spiro atoms. The van der Waals surface area contributed by atoms with Gasteiger partial charge >= 0.3 is 0 Å². The Morgan fingerprint density at radius 1 is 1.24 bits per heavy atom. The molecule has 2 N–H and O–H groups in total. The summed E-state index contributed by atoms with van der Waals surface area (Å²) < 4.78 is 5.26. The summed E-state index contributed by atoms with van der Waals surface area (Å²) in [6.45, 7) is 0.387. The van der Waals surface area contributed by atoms with Crippen LogP contribution in [-0.2, 0) is 6.54 Å². The molecular weight excluding hydrogens is 288 g/mol. The molecule has 5 heteroatoms. The van der Waals surface area contributed by atoms with Crippen LogP contribution in [0.15, 0.2) is 42.5 Å². The highest BCUT2D eigenvalue weighted by molar-refractivity contribution is 6.31. The molecule has 0 fully saturated rings. The number of carbonyl (C=O) groups excluding carboxylic acids is 1. The van der Waals surface area contributed by atoms with Gasteiger partial charge in [-0.15, -0.1) is 0 Å². The number of anilines is 1. The number of methoxy groups -OCH3 is 1. The zero-order valence-electron chi connectivity index (χ0n) is 11.9. The van der Waals surface area contributed by atoms with Crippen LogP contribution in [0.25, 0.3) is 0 Å². The van der Waals surface area contributed by atoms with Gasteiger partial charge in [-0.3, -0.25) is 4.79 Å². The van der Waals surface area contributed by atoms with Crippen molar-refractivity contribution in [2.24, 2.45) is 0 Å². The van der Waals surface area contributed by atoms with Gasteiger partial charge < -0.3 is 15.4 Å². The van der Waals surface area contributed by atoms with Crippen molar-refractivity contribution in [2.45, 2.75) is 6.54 Å². The highest BCUT2D eigenvalue weighted by Gasteiger charge is 2.12. The maximum atomic E-state index is 12.3. The van der Waals surface area contributed by atoms with E-state index in [1.165, 1.54) is 0 Å². The van der Waals surface area contributed by atoms with Crippen LogP contribution in [0.3, 0.4) is 0 Å². The Morgan fingerprint density at radius 3 is 2.71 bits per heavy atom. The SMILES string of the molecule is CNc1ccc(Cl)cc1C(=O)NCc1ccccc1OC. The van der Waals surface area contributed by atoms with Gasteiger partial charge in [0.05, 0.1) is 12.7 Å². The number of para-hydroxylation sites is 1. The Kier molecular flexibility index (Phi) is 5.06. The van der Waals surface area contributed by atoms with Crippen LogP contribution in [0, 0.1) is 0 Å². The summed E-state index contributed by atoms with van der Waals surface area (Å²) in [6, 6.07) is 12.7. The third-order valence-electron chi connectivity index (χ3n) is 3.13. The van der Waals surface area contributed by atoms with Gasteiger partial charge in [-0.25, -0.2) is 0 Å². The third kappa shape index (κ3) is 3.67. The first-order valence-electron chi connectivity index (χ1n) is 6.53. The number of hydrogen-bond donors (Lipinski definition) is 2. The first kappa shape index (κ1) is 15.2. The molecule has 0 aromatic heterocycles. The second kappa shape index (κ2) is 6.99. The fourth-order valence-electron chi connectivity index (χ4n) is 2.04. The van der Waals surface area contributed by atoms with Crippen molar-refractivity contribution >= 4 is 23.2 Å². The fourth-order valence-corrected chi connectivity index (χ4v) is 2.21. The average molecular weight is 305 g/mol. The van der Waals surface area contributed by atoms with Gasteiger partial charge in [0.15, 0.2) is 0 Å².